The van der Waals surface area contributed by atoms with E-state index in [0.717, 1.165) is 5.56 Å². The third-order valence-corrected chi connectivity index (χ3v) is 4.35. The van der Waals surface area contributed by atoms with Crippen molar-refractivity contribution in [1.29, 1.82) is 0 Å². The molecule has 0 radical (unpaired) electrons. The second kappa shape index (κ2) is 9.30. The molecule has 0 saturated heterocycles. The molecule has 0 bridgehead atoms. The molecule has 24 heavy (non-hydrogen) atoms. The molecule has 2 aromatic rings. The Hall–Kier alpha value is -2.05. The number of carbonyl (C=O) groups is 1. The zero-order valence-electron chi connectivity index (χ0n) is 13.7. The number of hydrogen-bond donors (Lipinski definition) is 3. The lowest BCUT2D eigenvalue weighted by atomic mass is 10.2. The van der Waals surface area contributed by atoms with Crippen LogP contribution in [0.5, 0.6) is 0 Å². The van der Waals surface area contributed by atoms with Crippen molar-refractivity contribution in [1.82, 2.24) is 10.6 Å². The smallest absolute Gasteiger partial charge is 0.226 e. The first-order chi connectivity index (χ1) is 11.6. The minimum absolute atomic E-state index is 0.0958. The summed E-state index contributed by atoms with van der Waals surface area (Å²) in [6.45, 7) is 3.14. The largest absolute Gasteiger partial charge is 0.356 e. The summed E-state index contributed by atoms with van der Waals surface area (Å²) in [6.07, 6.45) is 0.323. The van der Waals surface area contributed by atoms with E-state index in [-0.39, 0.29) is 5.91 Å². The van der Waals surface area contributed by atoms with Crippen LogP contribution in [0.4, 0.5) is 5.69 Å². The molecule has 1 heterocycles. The lowest BCUT2D eigenvalue weighted by molar-refractivity contribution is -0.116. The average molecular weight is 365 g/mol. The maximum Gasteiger partial charge on any atom is 0.226 e. The number of guanidine groups is 1. The number of rotatable bonds is 6. The van der Waals surface area contributed by atoms with Gasteiger partial charge in [-0.3, -0.25) is 9.79 Å². The van der Waals surface area contributed by atoms with Crippen LogP contribution in [0.25, 0.3) is 0 Å². The van der Waals surface area contributed by atoms with Crippen molar-refractivity contribution in [2.75, 3.05) is 18.9 Å². The van der Waals surface area contributed by atoms with Crippen LogP contribution in [-0.2, 0) is 11.3 Å². The van der Waals surface area contributed by atoms with E-state index in [2.05, 4.69) is 32.4 Å². The molecule has 1 amide bonds. The number of amides is 1. The second-order valence-corrected chi connectivity index (χ2v) is 6.45. The molecule has 0 aliphatic heterocycles. The molecular formula is C17H21ClN4OS. The molecule has 0 fully saturated rings. The van der Waals surface area contributed by atoms with Crippen LogP contribution in [0.2, 0.25) is 5.02 Å². The van der Waals surface area contributed by atoms with Crippen LogP contribution < -0.4 is 16.0 Å². The zero-order chi connectivity index (χ0) is 17.4. The molecule has 128 valence electrons. The Bertz CT molecular complexity index is 701. The number of halogens is 1. The fourth-order valence-electron chi connectivity index (χ4n) is 2.03. The summed E-state index contributed by atoms with van der Waals surface area (Å²) in [5.74, 6) is 0.573. The number of thiophene rings is 1. The summed E-state index contributed by atoms with van der Waals surface area (Å²) in [7, 11) is 1.70. The standard InChI is InChI=1S/C17H21ClN4OS/c1-12-3-4-15(14(18)9-12)22-16(23)5-7-20-17(19-2)21-10-13-6-8-24-11-13/h3-4,6,8-9,11H,5,7,10H2,1-2H3,(H,22,23)(H2,19,20,21). The minimum Gasteiger partial charge on any atom is -0.356 e. The van der Waals surface area contributed by atoms with E-state index in [1.807, 2.05) is 30.5 Å². The number of anilines is 1. The quantitative estimate of drug-likeness (QED) is 0.543. The highest BCUT2D eigenvalue weighted by atomic mass is 35.5. The Morgan fingerprint density at radius 1 is 1.29 bits per heavy atom. The van der Waals surface area contributed by atoms with Gasteiger partial charge in [0.15, 0.2) is 5.96 Å². The molecule has 0 atom stereocenters. The topological polar surface area (TPSA) is 65.5 Å². The Morgan fingerprint density at radius 2 is 2.12 bits per heavy atom. The number of aryl methyl sites for hydroxylation is 1. The fourth-order valence-corrected chi connectivity index (χ4v) is 2.98. The summed E-state index contributed by atoms with van der Waals surface area (Å²) in [6, 6.07) is 7.61. The van der Waals surface area contributed by atoms with E-state index >= 15 is 0 Å². The van der Waals surface area contributed by atoms with Crippen molar-refractivity contribution < 1.29 is 4.79 Å². The van der Waals surface area contributed by atoms with Crippen molar-refractivity contribution in [3.05, 3.63) is 51.2 Å². The van der Waals surface area contributed by atoms with Crippen molar-refractivity contribution in [2.24, 2.45) is 4.99 Å². The van der Waals surface area contributed by atoms with Gasteiger partial charge < -0.3 is 16.0 Å². The molecule has 1 aromatic carbocycles. The monoisotopic (exact) mass is 364 g/mol. The lowest BCUT2D eigenvalue weighted by Crippen LogP contribution is -2.38. The first-order valence-electron chi connectivity index (χ1n) is 7.60. The van der Waals surface area contributed by atoms with E-state index in [9.17, 15) is 4.79 Å². The minimum atomic E-state index is -0.0958. The van der Waals surface area contributed by atoms with Gasteiger partial charge in [0, 0.05) is 26.6 Å². The summed E-state index contributed by atoms with van der Waals surface area (Å²) >= 11 is 7.77. The van der Waals surface area contributed by atoms with E-state index in [0.29, 0.717) is 36.2 Å². The van der Waals surface area contributed by atoms with Gasteiger partial charge in [0.25, 0.3) is 0 Å². The van der Waals surface area contributed by atoms with Crippen LogP contribution in [0.15, 0.2) is 40.0 Å². The second-order valence-electron chi connectivity index (χ2n) is 5.27. The van der Waals surface area contributed by atoms with Crippen LogP contribution in [-0.4, -0.2) is 25.5 Å². The van der Waals surface area contributed by atoms with Gasteiger partial charge in [-0.05, 0) is 47.0 Å². The van der Waals surface area contributed by atoms with Gasteiger partial charge >= 0.3 is 0 Å². The predicted molar refractivity (Wildman–Crippen MR) is 102 cm³/mol. The average Bonchev–Trinajstić information content (AvgIpc) is 3.07. The van der Waals surface area contributed by atoms with Gasteiger partial charge in [-0.1, -0.05) is 17.7 Å². The molecular weight excluding hydrogens is 344 g/mol. The van der Waals surface area contributed by atoms with Crippen LogP contribution >= 0.6 is 22.9 Å². The Balaban J connectivity index is 1.72. The van der Waals surface area contributed by atoms with E-state index < -0.39 is 0 Å². The van der Waals surface area contributed by atoms with Crippen molar-refractivity contribution >= 4 is 40.5 Å². The fraction of sp³-hybridized carbons (Fsp3) is 0.294. The molecule has 7 heteroatoms. The number of nitrogens with zero attached hydrogens (tertiary/aromatic N) is 1. The van der Waals surface area contributed by atoms with Gasteiger partial charge in [0.05, 0.1) is 10.7 Å². The number of aliphatic imine (C=N–C) groups is 1. The van der Waals surface area contributed by atoms with Crippen LogP contribution in [0.3, 0.4) is 0 Å². The SMILES string of the molecule is CN=C(NCCC(=O)Nc1ccc(C)cc1Cl)NCc1ccsc1. The molecule has 0 spiro atoms. The molecule has 0 saturated carbocycles. The maximum absolute atomic E-state index is 12.0. The van der Waals surface area contributed by atoms with Gasteiger partial charge in [-0.15, -0.1) is 0 Å². The van der Waals surface area contributed by atoms with E-state index in [4.69, 9.17) is 11.6 Å². The summed E-state index contributed by atoms with van der Waals surface area (Å²) in [5.41, 5.74) is 2.89. The van der Waals surface area contributed by atoms with Crippen LogP contribution in [0.1, 0.15) is 17.5 Å². The molecule has 0 aliphatic rings. The van der Waals surface area contributed by atoms with Crippen molar-refractivity contribution in [3.8, 4) is 0 Å². The van der Waals surface area contributed by atoms with Crippen molar-refractivity contribution in [2.45, 2.75) is 19.9 Å². The van der Waals surface area contributed by atoms with E-state index in [1.165, 1.54) is 5.56 Å². The van der Waals surface area contributed by atoms with Crippen molar-refractivity contribution in [3.63, 3.8) is 0 Å². The van der Waals surface area contributed by atoms with Gasteiger partial charge in [0.1, 0.15) is 0 Å². The number of hydrogen-bond acceptors (Lipinski definition) is 3. The molecule has 5 nitrogen and oxygen atoms in total. The number of nitrogens with one attached hydrogen (secondary N) is 3. The molecule has 0 aliphatic carbocycles. The van der Waals surface area contributed by atoms with Gasteiger partial charge in [-0.2, -0.15) is 11.3 Å². The normalized spacial score (nSPS) is 11.2. The van der Waals surface area contributed by atoms with E-state index in [1.54, 1.807) is 18.4 Å². The Morgan fingerprint density at radius 3 is 2.79 bits per heavy atom. The lowest BCUT2D eigenvalue weighted by Gasteiger charge is -2.12. The third-order valence-electron chi connectivity index (χ3n) is 3.31. The first-order valence-corrected chi connectivity index (χ1v) is 8.92. The summed E-state index contributed by atoms with van der Waals surface area (Å²) in [4.78, 5) is 16.1. The Kier molecular flexibility index (Phi) is 7.08. The highest BCUT2D eigenvalue weighted by Crippen LogP contribution is 2.22. The number of carbonyl (C=O) groups excluding carboxylic acids is 1. The highest BCUT2D eigenvalue weighted by Gasteiger charge is 2.06. The molecule has 2 rings (SSSR count). The third kappa shape index (κ3) is 5.86. The first kappa shape index (κ1) is 18.3. The van der Waals surface area contributed by atoms with Crippen LogP contribution in [0, 0.1) is 6.92 Å². The highest BCUT2D eigenvalue weighted by molar-refractivity contribution is 7.07. The maximum atomic E-state index is 12.0. The summed E-state index contributed by atoms with van der Waals surface area (Å²) < 4.78 is 0. The zero-order valence-corrected chi connectivity index (χ0v) is 15.3. The molecule has 1 aromatic heterocycles. The Labute approximate surface area is 151 Å². The van der Waals surface area contributed by atoms with Gasteiger partial charge in [0.2, 0.25) is 5.91 Å². The summed E-state index contributed by atoms with van der Waals surface area (Å²) in [5, 5.41) is 13.8. The molecule has 0 unspecified atom stereocenters. The predicted octanol–water partition coefficient (Wildman–Crippen LogP) is 3.40. The molecule has 3 N–H and O–H groups in total. The van der Waals surface area contributed by atoms with Gasteiger partial charge in [-0.25, -0.2) is 0 Å². The number of benzene rings is 1.